The van der Waals surface area contributed by atoms with Crippen LogP contribution in [-0.2, 0) is 0 Å². The van der Waals surface area contributed by atoms with E-state index in [0.717, 1.165) is 44.8 Å². The fourth-order valence-electron chi connectivity index (χ4n) is 4.16. The smallest absolute Gasteiger partial charge is 0.214 e. The van der Waals surface area contributed by atoms with Crippen LogP contribution in [0.2, 0.25) is 10.0 Å². The fraction of sp³-hybridized carbons (Fsp3) is 0. The topological polar surface area (TPSA) is 42.2 Å². The zero-order valence-electron chi connectivity index (χ0n) is 17.9. The number of hydrogen-bond acceptors (Lipinski definition) is 3. The van der Waals surface area contributed by atoms with E-state index in [9.17, 15) is 0 Å². The number of aromatic nitrogens is 3. The van der Waals surface area contributed by atoms with Gasteiger partial charge in [0, 0.05) is 32.2 Å². The number of nitrogens with zero attached hydrogens (tertiary/aromatic N) is 3. The van der Waals surface area contributed by atoms with Crippen molar-refractivity contribution in [2.75, 3.05) is 5.32 Å². The molecule has 0 radical (unpaired) electrons. The Kier molecular flexibility index (Phi) is 5.17. The molecule has 0 bridgehead atoms. The number of anilines is 2. The maximum Gasteiger partial charge on any atom is 0.214 e. The minimum Gasteiger partial charge on any atom is -0.325 e. The van der Waals surface area contributed by atoms with Crippen LogP contribution in [0.15, 0.2) is 103 Å². The number of fused-ring (bicyclic) bond motifs is 3. The average Bonchev–Trinajstić information content (AvgIpc) is 3.28. The highest BCUT2D eigenvalue weighted by atomic mass is 35.5. The van der Waals surface area contributed by atoms with Gasteiger partial charge in [0.05, 0.1) is 16.9 Å². The Hall–Kier alpha value is -3.86. The van der Waals surface area contributed by atoms with Crippen LogP contribution in [0.25, 0.3) is 39.1 Å². The lowest BCUT2D eigenvalue weighted by atomic mass is 10.1. The van der Waals surface area contributed by atoms with Crippen molar-refractivity contribution in [1.82, 2.24) is 14.4 Å². The van der Waals surface area contributed by atoms with Gasteiger partial charge in [0.15, 0.2) is 0 Å². The second-order valence-corrected chi connectivity index (χ2v) is 8.80. The van der Waals surface area contributed by atoms with Gasteiger partial charge in [-0.3, -0.25) is 4.40 Å². The standard InChI is InChI=1S/C28H18Cl2N4/c29-20-11-14-22(15-12-20)31-28-32-24-16-13-21(30)17-23(24)27-33-25(18-7-3-1-4-8-18)26(34(27)28)19-9-5-2-6-10-19/h1-17H,(H,31,32). The van der Waals surface area contributed by atoms with Crippen molar-refractivity contribution < 1.29 is 0 Å². The van der Waals surface area contributed by atoms with E-state index < -0.39 is 0 Å². The molecule has 2 heterocycles. The number of imidazole rings is 1. The van der Waals surface area contributed by atoms with Gasteiger partial charge in [-0.15, -0.1) is 0 Å². The molecule has 0 unspecified atom stereocenters. The second kappa shape index (κ2) is 8.49. The highest BCUT2D eigenvalue weighted by molar-refractivity contribution is 6.31. The molecular formula is C28H18Cl2N4. The Morgan fingerprint density at radius 1 is 0.647 bits per heavy atom. The maximum atomic E-state index is 6.39. The van der Waals surface area contributed by atoms with Gasteiger partial charge in [-0.2, -0.15) is 0 Å². The molecule has 6 rings (SSSR count). The Morgan fingerprint density at radius 3 is 2.00 bits per heavy atom. The average molecular weight is 481 g/mol. The minimum atomic E-state index is 0.639. The first-order chi connectivity index (χ1) is 16.7. The maximum absolute atomic E-state index is 6.39. The van der Waals surface area contributed by atoms with Crippen LogP contribution >= 0.6 is 23.2 Å². The van der Waals surface area contributed by atoms with E-state index in [4.69, 9.17) is 33.2 Å². The summed E-state index contributed by atoms with van der Waals surface area (Å²) in [5.41, 5.74) is 6.35. The SMILES string of the molecule is Clc1ccc(Nc2nc3ccc(Cl)cc3c3nc(-c4ccccc4)c(-c4ccccc4)n23)cc1. The molecule has 6 heteroatoms. The van der Waals surface area contributed by atoms with Gasteiger partial charge in [-0.05, 0) is 42.5 Å². The van der Waals surface area contributed by atoms with E-state index in [-0.39, 0.29) is 0 Å². The van der Waals surface area contributed by atoms with Crippen LogP contribution in [0.1, 0.15) is 0 Å². The normalized spacial score (nSPS) is 11.2. The summed E-state index contributed by atoms with van der Waals surface area (Å²) in [4.78, 5) is 10.1. The molecule has 0 saturated carbocycles. The quantitative estimate of drug-likeness (QED) is 0.276. The zero-order chi connectivity index (χ0) is 23.1. The molecule has 6 aromatic rings. The van der Waals surface area contributed by atoms with Gasteiger partial charge in [0.25, 0.3) is 0 Å². The Labute approximate surface area is 206 Å². The fourth-order valence-corrected chi connectivity index (χ4v) is 4.46. The van der Waals surface area contributed by atoms with Gasteiger partial charge in [0.2, 0.25) is 5.95 Å². The Balaban J connectivity index is 1.73. The van der Waals surface area contributed by atoms with Crippen molar-refractivity contribution in [3.63, 3.8) is 0 Å². The van der Waals surface area contributed by atoms with E-state index in [1.807, 2.05) is 78.9 Å². The molecular weight excluding hydrogens is 463 g/mol. The summed E-state index contributed by atoms with van der Waals surface area (Å²) in [7, 11) is 0. The summed E-state index contributed by atoms with van der Waals surface area (Å²) in [6, 6.07) is 33.7. The summed E-state index contributed by atoms with van der Waals surface area (Å²) in [6.45, 7) is 0. The third-order valence-electron chi connectivity index (χ3n) is 5.71. The predicted octanol–water partition coefficient (Wildman–Crippen LogP) is 8.27. The van der Waals surface area contributed by atoms with E-state index >= 15 is 0 Å². The summed E-state index contributed by atoms with van der Waals surface area (Å²) in [5.74, 6) is 0.653. The van der Waals surface area contributed by atoms with Crippen LogP contribution in [0.3, 0.4) is 0 Å². The third-order valence-corrected chi connectivity index (χ3v) is 6.20. The summed E-state index contributed by atoms with van der Waals surface area (Å²) >= 11 is 12.5. The van der Waals surface area contributed by atoms with Crippen molar-refractivity contribution in [3.8, 4) is 22.5 Å². The van der Waals surface area contributed by atoms with Crippen molar-refractivity contribution in [3.05, 3.63) is 113 Å². The van der Waals surface area contributed by atoms with Gasteiger partial charge < -0.3 is 5.32 Å². The molecule has 34 heavy (non-hydrogen) atoms. The molecule has 0 atom stereocenters. The molecule has 1 N–H and O–H groups in total. The molecule has 164 valence electrons. The van der Waals surface area contributed by atoms with Crippen molar-refractivity contribution in [1.29, 1.82) is 0 Å². The summed E-state index contributed by atoms with van der Waals surface area (Å²) < 4.78 is 2.07. The number of hydrogen-bond donors (Lipinski definition) is 1. The molecule has 0 fully saturated rings. The van der Waals surface area contributed by atoms with E-state index in [1.54, 1.807) is 0 Å². The molecule has 4 aromatic carbocycles. The first-order valence-electron chi connectivity index (χ1n) is 10.8. The van der Waals surface area contributed by atoms with Gasteiger partial charge in [-0.25, -0.2) is 9.97 Å². The molecule has 0 aliphatic carbocycles. The van der Waals surface area contributed by atoms with Crippen LogP contribution in [0, 0.1) is 0 Å². The molecule has 0 aliphatic rings. The number of nitrogens with one attached hydrogen (secondary N) is 1. The lowest BCUT2D eigenvalue weighted by molar-refractivity contribution is 1.13. The number of benzene rings is 4. The van der Waals surface area contributed by atoms with Crippen molar-refractivity contribution in [2.45, 2.75) is 0 Å². The Morgan fingerprint density at radius 2 is 1.29 bits per heavy atom. The zero-order valence-corrected chi connectivity index (χ0v) is 19.4. The lowest BCUT2D eigenvalue weighted by Crippen LogP contribution is -2.04. The van der Waals surface area contributed by atoms with Crippen molar-refractivity contribution >= 4 is 51.4 Å². The van der Waals surface area contributed by atoms with Gasteiger partial charge >= 0.3 is 0 Å². The van der Waals surface area contributed by atoms with Crippen LogP contribution in [-0.4, -0.2) is 14.4 Å². The largest absolute Gasteiger partial charge is 0.325 e. The Bertz CT molecular complexity index is 1630. The monoisotopic (exact) mass is 480 g/mol. The molecule has 0 aliphatic heterocycles. The van der Waals surface area contributed by atoms with Crippen LogP contribution in [0.5, 0.6) is 0 Å². The molecule has 0 saturated heterocycles. The molecule has 4 nitrogen and oxygen atoms in total. The summed E-state index contributed by atoms with van der Waals surface area (Å²) in [5, 5.41) is 5.67. The lowest BCUT2D eigenvalue weighted by Gasteiger charge is -2.13. The molecule has 0 spiro atoms. The van der Waals surface area contributed by atoms with E-state index in [1.165, 1.54) is 0 Å². The second-order valence-electron chi connectivity index (χ2n) is 7.93. The first-order valence-corrected chi connectivity index (χ1v) is 11.6. The van der Waals surface area contributed by atoms with E-state index in [2.05, 4.69) is 34.0 Å². The number of rotatable bonds is 4. The van der Waals surface area contributed by atoms with Gasteiger partial charge in [0.1, 0.15) is 5.65 Å². The highest BCUT2D eigenvalue weighted by Gasteiger charge is 2.21. The third kappa shape index (κ3) is 3.67. The van der Waals surface area contributed by atoms with Crippen molar-refractivity contribution in [2.24, 2.45) is 0 Å². The van der Waals surface area contributed by atoms with Gasteiger partial charge in [-0.1, -0.05) is 83.9 Å². The minimum absolute atomic E-state index is 0.639. The number of halogens is 2. The molecule has 0 amide bonds. The predicted molar refractivity (Wildman–Crippen MR) is 141 cm³/mol. The summed E-state index contributed by atoms with van der Waals surface area (Å²) in [6.07, 6.45) is 0. The first kappa shape index (κ1) is 20.7. The molecule has 2 aromatic heterocycles. The van der Waals surface area contributed by atoms with E-state index in [0.29, 0.717) is 16.0 Å². The van der Waals surface area contributed by atoms with Crippen LogP contribution in [0.4, 0.5) is 11.6 Å². The van der Waals surface area contributed by atoms with Crippen LogP contribution < -0.4 is 5.32 Å². The highest BCUT2D eigenvalue weighted by Crippen LogP contribution is 2.37.